The minimum atomic E-state index is -0.651. The molecule has 21 heavy (non-hydrogen) atoms. The largest absolute Gasteiger partial charge is 0.341 e. The van der Waals surface area contributed by atoms with Gasteiger partial charge in [0.05, 0.1) is 5.52 Å². The Hall–Kier alpha value is -1.61. The summed E-state index contributed by atoms with van der Waals surface area (Å²) in [5, 5.41) is 0.367. The zero-order valence-corrected chi connectivity index (χ0v) is 12.7. The van der Waals surface area contributed by atoms with Crippen LogP contribution in [-0.4, -0.2) is 28.9 Å². The lowest BCUT2D eigenvalue weighted by atomic mass is 10.1. The van der Waals surface area contributed by atoms with Crippen molar-refractivity contribution in [3.05, 3.63) is 42.1 Å². The topological polar surface area (TPSA) is 33.2 Å². The van der Waals surface area contributed by atoms with Gasteiger partial charge in [0.25, 0.3) is 0 Å². The lowest BCUT2D eigenvalue weighted by molar-refractivity contribution is -0.130. The van der Waals surface area contributed by atoms with E-state index in [0.29, 0.717) is 0 Å². The van der Waals surface area contributed by atoms with Crippen molar-refractivity contribution in [2.75, 3.05) is 13.1 Å². The van der Waals surface area contributed by atoms with Gasteiger partial charge >= 0.3 is 0 Å². The Kier molecular flexibility index (Phi) is 4.39. The first-order valence-electron chi connectivity index (χ1n) is 7.54. The fraction of sp³-hybridized carbons (Fsp3) is 0.412. The molecule has 3 nitrogen and oxygen atoms in total. The molecule has 0 saturated carbocycles. The van der Waals surface area contributed by atoms with Crippen molar-refractivity contribution in [3.8, 4) is 0 Å². The average Bonchev–Trinajstić information content (AvgIpc) is 2.82. The quantitative estimate of drug-likeness (QED) is 0.788. The van der Waals surface area contributed by atoms with E-state index >= 15 is 0 Å². The summed E-state index contributed by atoms with van der Waals surface area (Å²) >= 11 is 6.49. The van der Waals surface area contributed by atoms with Crippen LogP contribution in [0.4, 0.5) is 0 Å². The third-order valence-electron chi connectivity index (χ3n) is 4.07. The molecule has 1 unspecified atom stereocenters. The highest BCUT2D eigenvalue weighted by molar-refractivity contribution is 6.31. The zero-order valence-electron chi connectivity index (χ0n) is 12.0. The first-order valence-corrected chi connectivity index (χ1v) is 7.97. The Labute approximate surface area is 129 Å². The average molecular weight is 303 g/mol. The highest BCUT2D eigenvalue weighted by Crippen LogP contribution is 2.29. The summed E-state index contributed by atoms with van der Waals surface area (Å²) in [6, 6.07) is 9.72. The SMILES string of the molecule is O=C(C(Cl)c1cccc2cccnc12)N1CCCCCC1. The molecule has 0 radical (unpaired) electrons. The van der Waals surface area contributed by atoms with Crippen LogP contribution in [0.15, 0.2) is 36.5 Å². The molecule has 2 heterocycles. The third-order valence-corrected chi connectivity index (χ3v) is 4.49. The molecule has 3 rings (SSSR count). The van der Waals surface area contributed by atoms with E-state index in [1.54, 1.807) is 6.20 Å². The van der Waals surface area contributed by atoms with E-state index in [1.165, 1.54) is 12.8 Å². The highest BCUT2D eigenvalue weighted by Gasteiger charge is 2.26. The molecule has 4 heteroatoms. The van der Waals surface area contributed by atoms with Crippen molar-refractivity contribution >= 4 is 28.4 Å². The summed E-state index contributed by atoms with van der Waals surface area (Å²) < 4.78 is 0. The van der Waals surface area contributed by atoms with E-state index < -0.39 is 5.38 Å². The standard InChI is InChI=1S/C17H19ClN2O/c18-15(17(21)20-11-3-1-2-4-12-20)14-9-5-7-13-8-6-10-19-16(13)14/h5-10,15H,1-4,11-12H2. The number of hydrogen-bond acceptors (Lipinski definition) is 2. The maximum absolute atomic E-state index is 12.7. The second-order valence-corrected chi connectivity index (χ2v) is 5.96. The Morgan fingerprint density at radius 1 is 1.10 bits per heavy atom. The first kappa shape index (κ1) is 14.3. The minimum absolute atomic E-state index is 0.0109. The molecule has 1 aliphatic rings. The van der Waals surface area contributed by atoms with E-state index in [4.69, 9.17) is 11.6 Å². The molecule has 2 aromatic rings. The molecule has 1 saturated heterocycles. The number of nitrogens with zero attached hydrogens (tertiary/aromatic N) is 2. The van der Waals surface area contributed by atoms with E-state index in [2.05, 4.69) is 4.98 Å². The maximum atomic E-state index is 12.7. The van der Waals surface area contributed by atoms with Gasteiger partial charge in [-0.15, -0.1) is 11.6 Å². The normalized spacial score (nSPS) is 17.5. The van der Waals surface area contributed by atoms with Gasteiger partial charge in [0.2, 0.25) is 5.91 Å². The number of para-hydroxylation sites is 1. The van der Waals surface area contributed by atoms with Crippen LogP contribution in [0.1, 0.15) is 36.6 Å². The number of hydrogen-bond donors (Lipinski definition) is 0. The van der Waals surface area contributed by atoms with E-state index in [0.717, 1.165) is 42.4 Å². The summed E-state index contributed by atoms with van der Waals surface area (Å²) in [6.07, 6.45) is 6.29. The third kappa shape index (κ3) is 3.03. The monoisotopic (exact) mass is 302 g/mol. The molecule has 1 aromatic carbocycles. The van der Waals surface area contributed by atoms with Gasteiger partial charge < -0.3 is 4.90 Å². The van der Waals surface area contributed by atoms with Gasteiger partial charge in [0.1, 0.15) is 5.38 Å². The van der Waals surface area contributed by atoms with E-state index in [1.807, 2.05) is 35.2 Å². The molecule has 0 bridgehead atoms. The molecule has 110 valence electrons. The fourth-order valence-corrected chi connectivity index (χ4v) is 3.23. The number of fused-ring (bicyclic) bond motifs is 1. The Bertz CT molecular complexity index is 630. The van der Waals surface area contributed by atoms with Crippen molar-refractivity contribution in [2.24, 2.45) is 0 Å². The number of alkyl halides is 1. The second-order valence-electron chi connectivity index (χ2n) is 5.52. The van der Waals surface area contributed by atoms with E-state index in [9.17, 15) is 4.79 Å². The summed E-state index contributed by atoms with van der Waals surface area (Å²) in [5.41, 5.74) is 1.63. The molecule has 1 amide bonds. The van der Waals surface area contributed by atoms with Gasteiger partial charge in [0, 0.05) is 30.2 Å². The molecule has 1 atom stereocenters. The van der Waals surface area contributed by atoms with Gasteiger partial charge in [-0.1, -0.05) is 37.1 Å². The van der Waals surface area contributed by atoms with Gasteiger partial charge in [0.15, 0.2) is 0 Å². The van der Waals surface area contributed by atoms with Crippen LogP contribution in [-0.2, 0) is 4.79 Å². The van der Waals surface area contributed by atoms with Crippen LogP contribution < -0.4 is 0 Å². The predicted octanol–water partition coefficient (Wildman–Crippen LogP) is 3.92. The van der Waals surface area contributed by atoms with Crippen molar-refractivity contribution in [1.82, 2.24) is 9.88 Å². The molecule has 1 aliphatic heterocycles. The summed E-state index contributed by atoms with van der Waals surface area (Å²) in [4.78, 5) is 19.0. The van der Waals surface area contributed by atoms with Crippen LogP contribution in [0.3, 0.4) is 0 Å². The number of carbonyl (C=O) groups excluding carboxylic acids is 1. The van der Waals surface area contributed by atoms with Crippen molar-refractivity contribution in [2.45, 2.75) is 31.1 Å². The molecule has 0 N–H and O–H groups in total. The minimum Gasteiger partial charge on any atom is -0.341 e. The van der Waals surface area contributed by atoms with Crippen LogP contribution >= 0.6 is 11.6 Å². The van der Waals surface area contributed by atoms with Crippen molar-refractivity contribution in [3.63, 3.8) is 0 Å². The van der Waals surface area contributed by atoms with Gasteiger partial charge in [-0.2, -0.15) is 0 Å². The number of rotatable bonds is 2. The first-order chi connectivity index (χ1) is 10.3. The summed E-state index contributed by atoms with van der Waals surface area (Å²) in [7, 11) is 0. The molecular formula is C17H19ClN2O. The number of halogens is 1. The summed E-state index contributed by atoms with van der Waals surface area (Å²) in [5.74, 6) is 0.0109. The molecule has 1 aromatic heterocycles. The van der Waals surface area contributed by atoms with Crippen LogP contribution in [0.2, 0.25) is 0 Å². The molecular weight excluding hydrogens is 284 g/mol. The number of carbonyl (C=O) groups is 1. The number of amides is 1. The molecule has 1 fully saturated rings. The van der Waals surface area contributed by atoms with Gasteiger partial charge in [-0.05, 0) is 18.9 Å². The van der Waals surface area contributed by atoms with E-state index in [-0.39, 0.29) is 5.91 Å². The number of aromatic nitrogens is 1. The lowest BCUT2D eigenvalue weighted by Crippen LogP contribution is -2.34. The van der Waals surface area contributed by atoms with Crippen molar-refractivity contribution < 1.29 is 4.79 Å². The molecule has 0 spiro atoms. The van der Waals surface area contributed by atoms with Crippen LogP contribution in [0.5, 0.6) is 0 Å². The Morgan fingerprint density at radius 3 is 2.57 bits per heavy atom. The highest BCUT2D eigenvalue weighted by atomic mass is 35.5. The maximum Gasteiger partial charge on any atom is 0.245 e. The second kappa shape index (κ2) is 6.44. The molecule has 0 aliphatic carbocycles. The Morgan fingerprint density at radius 2 is 1.81 bits per heavy atom. The van der Waals surface area contributed by atoms with Crippen LogP contribution in [0, 0.1) is 0 Å². The number of pyridine rings is 1. The lowest BCUT2D eigenvalue weighted by Gasteiger charge is -2.23. The number of likely N-dealkylation sites (tertiary alicyclic amines) is 1. The fourth-order valence-electron chi connectivity index (χ4n) is 2.92. The summed E-state index contributed by atoms with van der Waals surface area (Å²) in [6.45, 7) is 1.64. The number of benzene rings is 1. The van der Waals surface area contributed by atoms with Gasteiger partial charge in [-0.3, -0.25) is 9.78 Å². The zero-order chi connectivity index (χ0) is 14.7. The smallest absolute Gasteiger partial charge is 0.245 e. The predicted molar refractivity (Wildman–Crippen MR) is 85.4 cm³/mol. The van der Waals surface area contributed by atoms with Crippen LogP contribution in [0.25, 0.3) is 10.9 Å². The van der Waals surface area contributed by atoms with Crippen molar-refractivity contribution in [1.29, 1.82) is 0 Å². The van der Waals surface area contributed by atoms with Gasteiger partial charge in [-0.25, -0.2) is 0 Å². The Balaban J connectivity index is 1.89.